The van der Waals surface area contributed by atoms with E-state index in [4.69, 9.17) is 16.3 Å². The van der Waals surface area contributed by atoms with E-state index in [0.717, 1.165) is 28.3 Å². The molecule has 0 N–H and O–H groups in total. The highest BCUT2D eigenvalue weighted by atomic mass is 35.5. The average Bonchev–Trinajstić information content (AvgIpc) is 2.08. The molecule has 0 amide bonds. The van der Waals surface area contributed by atoms with Crippen LogP contribution in [0.3, 0.4) is 0 Å². The highest BCUT2D eigenvalue weighted by Gasteiger charge is 2.06. The van der Waals surface area contributed by atoms with Crippen LogP contribution in [-0.2, 0) is 6.42 Å². The molecule has 1 rings (SSSR count). The van der Waals surface area contributed by atoms with E-state index in [9.17, 15) is 0 Å². The number of rotatable bonds is 3. The standard InChI is InChI=1S/C11H13ClO/c1-8(2)7-9-10(12)5-4-6-11(9)13-3/h4-6H,1,7H2,2-3H3. The largest absolute Gasteiger partial charge is 0.496 e. The lowest BCUT2D eigenvalue weighted by atomic mass is 10.1. The molecule has 0 aliphatic carbocycles. The first-order valence-electron chi connectivity index (χ1n) is 4.11. The molecular weight excluding hydrogens is 184 g/mol. The van der Waals surface area contributed by atoms with Crippen molar-refractivity contribution in [3.05, 3.63) is 40.9 Å². The smallest absolute Gasteiger partial charge is 0.123 e. The molecule has 0 saturated carbocycles. The molecule has 0 fully saturated rings. The van der Waals surface area contributed by atoms with Crippen LogP contribution in [0.15, 0.2) is 30.4 Å². The van der Waals surface area contributed by atoms with Gasteiger partial charge in [-0.2, -0.15) is 0 Å². The van der Waals surface area contributed by atoms with Crippen molar-refractivity contribution in [2.24, 2.45) is 0 Å². The second kappa shape index (κ2) is 4.33. The minimum atomic E-state index is 0.738. The number of ether oxygens (including phenoxy) is 1. The maximum Gasteiger partial charge on any atom is 0.123 e. The third-order valence-corrected chi connectivity index (χ3v) is 2.13. The summed E-state index contributed by atoms with van der Waals surface area (Å²) in [6.45, 7) is 5.83. The van der Waals surface area contributed by atoms with Crippen molar-refractivity contribution in [1.82, 2.24) is 0 Å². The Morgan fingerprint density at radius 2 is 2.23 bits per heavy atom. The molecule has 0 saturated heterocycles. The van der Waals surface area contributed by atoms with Crippen molar-refractivity contribution >= 4 is 11.6 Å². The van der Waals surface area contributed by atoms with Gasteiger partial charge in [0.2, 0.25) is 0 Å². The molecule has 1 nitrogen and oxygen atoms in total. The van der Waals surface area contributed by atoms with Gasteiger partial charge in [0.25, 0.3) is 0 Å². The minimum Gasteiger partial charge on any atom is -0.496 e. The van der Waals surface area contributed by atoms with Crippen LogP contribution >= 0.6 is 11.6 Å². The van der Waals surface area contributed by atoms with Crippen molar-refractivity contribution in [1.29, 1.82) is 0 Å². The van der Waals surface area contributed by atoms with Gasteiger partial charge in [-0.15, -0.1) is 0 Å². The molecule has 0 heterocycles. The van der Waals surface area contributed by atoms with Crippen LogP contribution in [0.25, 0.3) is 0 Å². The summed E-state index contributed by atoms with van der Waals surface area (Å²) >= 11 is 6.03. The first kappa shape index (κ1) is 10.1. The van der Waals surface area contributed by atoms with E-state index >= 15 is 0 Å². The molecule has 0 aromatic heterocycles. The van der Waals surface area contributed by atoms with E-state index in [-0.39, 0.29) is 0 Å². The first-order chi connectivity index (χ1) is 6.15. The molecule has 1 aromatic rings. The van der Waals surface area contributed by atoms with Gasteiger partial charge in [0.1, 0.15) is 5.75 Å². The zero-order chi connectivity index (χ0) is 9.84. The zero-order valence-electron chi connectivity index (χ0n) is 7.93. The molecule has 0 unspecified atom stereocenters. The summed E-state index contributed by atoms with van der Waals surface area (Å²) in [6, 6.07) is 5.65. The molecule has 0 spiro atoms. The van der Waals surface area contributed by atoms with Crippen molar-refractivity contribution in [3.8, 4) is 5.75 Å². The Kier molecular flexibility index (Phi) is 3.38. The van der Waals surface area contributed by atoms with Crippen LogP contribution in [0.4, 0.5) is 0 Å². The highest BCUT2D eigenvalue weighted by Crippen LogP contribution is 2.27. The molecule has 70 valence electrons. The predicted molar refractivity (Wildman–Crippen MR) is 56.5 cm³/mol. The summed E-state index contributed by atoms with van der Waals surface area (Å²) in [6.07, 6.45) is 0.767. The van der Waals surface area contributed by atoms with Gasteiger partial charge in [-0.1, -0.05) is 29.8 Å². The number of hydrogen-bond donors (Lipinski definition) is 0. The molecule has 0 radical (unpaired) electrons. The molecule has 0 aliphatic rings. The predicted octanol–water partition coefficient (Wildman–Crippen LogP) is 3.47. The van der Waals surface area contributed by atoms with E-state index in [0.29, 0.717) is 0 Å². The second-order valence-corrected chi connectivity index (χ2v) is 3.46. The lowest BCUT2D eigenvalue weighted by Crippen LogP contribution is -1.93. The Morgan fingerprint density at radius 3 is 2.77 bits per heavy atom. The number of benzene rings is 1. The Labute approximate surface area is 84.0 Å². The van der Waals surface area contributed by atoms with E-state index in [1.807, 2.05) is 25.1 Å². The summed E-state index contributed by atoms with van der Waals surface area (Å²) in [5.41, 5.74) is 2.09. The molecule has 0 aliphatic heterocycles. The van der Waals surface area contributed by atoms with Gasteiger partial charge in [0.15, 0.2) is 0 Å². The summed E-state index contributed by atoms with van der Waals surface area (Å²) in [7, 11) is 1.65. The van der Waals surface area contributed by atoms with Gasteiger partial charge in [0, 0.05) is 10.6 Å². The second-order valence-electron chi connectivity index (χ2n) is 3.05. The van der Waals surface area contributed by atoms with Crippen molar-refractivity contribution in [2.75, 3.05) is 7.11 Å². The van der Waals surface area contributed by atoms with Gasteiger partial charge in [0.05, 0.1) is 7.11 Å². The van der Waals surface area contributed by atoms with Crippen LogP contribution in [0, 0.1) is 0 Å². The molecule has 1 aromatic carbocycles. The molecule has 0 atom stereocenters. The number of methoxy groups -OCH3 is 1. The quantitative estimate of drug-likeness (QED) is 0.673. The summed E-state index contributed by atoms with van der Waals surface area (Å²) in [5, 5.41) is 0.738. The Hall–Kier alpha value is -0.950. The SMILES string of the molecule is C=C(C)Cc1c(Cl)cccc1OC. The topological polar surface area (TPSA) is 9.23 Å². The fourth-order valence-electron chi connectivity index (χ4n) is 1.20. The average molecular weight is 197 g/mol. The fourth-order valence-corrected chi connectivity index (χ4v) is 1.44. The zero-order valence-corrected chi connectivity index (χ0v) is 8.69. The summed E-state index contributed by atoms with van der Waals surface area (Å²) in [5.74, 6) is 0.829. The van der Waals surface area contributed by atoms with Gasteiger partial charge in [-0.25, -0.2) is 0 Å². The number of allylic oxidation sites excluding steroid dienone is 1. The first-order valence-corrected chi connectivity index (χ1v) is 4.48. The Balaban J connectivity index is 3.07. The molecule has 2 heteroatoms. The highest BCUT2D eigenvalue weighted by molar-refractivity contribution is 6.31. The fraction of sp³-hybridized carbons (Fsp3) is 0.273. The van der Waals surface area contributed by atoms with E-state index < -0.39 is 0 Å². The maximum atomic E-state index is 6.03. The lowest BCUT2D eigenvalue weighted by Gasteiger charge is -2.09. The van der Waals surface area contributed by atoms with Crippen molar-refractivity contribution in [3.63, 3.8) is 0 Å². The third kappa shape index (κ3) is 2.49. The van der Waals surface area contributed by atoms with Crippen molar-refractivity contribution < 1.29 is 4.74 Å². The van der Waals surface area contributed by atoms with E-state index in [2.05, 4.69) is 6.58 Å². The summed E-state index contributed by atoms with van der Waals surface area (Å²) in [4.78, 5) is 0. The van der Waals surface area contributed by atoms with Crippen molar-refractivity contribution in [2.45, 2.75) is 13.3 Å². The maximum absolute atomic E-state index is 6.03. The minimum absolute atomic E-state index is 0.738. The van der Waals surface area contributed by atoms with Gasteiger partial charge >= 0.3 is 0 Å². The van der Waals surface area contributed by atoms with Crippen LogP contribution in [0.2, 0.25) is 5.02 Å². The monoisotopic (exact) mass is 196 g/mol. The van der Waals surface area contributed by atoms with Gasteiger partial charge in [-0.3, -0.25) is 0 Å². The van der Waals surface area contributed by atoms with Gasteiger partial charge in [-0.05, 0) is 25.5 Å². The van der Waals surface area contributed by atoms with E-state index in [1.54, 1.807) is 7.11 Å². The number of hydrogen-bond acceptors (Lipinski definition) is 1. The van der Waals surface area contributed by atoms with Crippen LogP contribution < -0.4 is 4.74 Å². The normalized spacial score (nSPS) is 9.77. The Morgan fingerprint density at radius 1 is 1.54 bits per heavy atom. The lowest BCUT2D eigenvalue weighted by molar-refractivity contribution is 0.410. The van der Waals surface area contributed by atoms with E-state index in [1.165, 1.54) is 0 Å². The van der Waals surface area contributed by atoms with Crippen LogP contribution in [0.5, 0.6) is 5.75 Å². The summed E-state index contributed by atoms with van der Waals surface area (Å²) < 4.78 is 5.20. The molecule has 13 heavy (non-hydrogen) atoms. The molecule has 0 bridgehead atoms. The third-order valence-electron chi connectivity index (χ3n) is 1.77. The Bertz CT molecular complexity index is 318. The molecular formula is C11H13ClO. The van der Waals surface area contributed by atoms with Crippen LogP contribution in [-0.4, -0.2) is 7.11 Å². The number of halogens is 1. The van der Waals surface area contributed by atoms with Crippen LogP contribution in [0.1, 0.15) is 12.5 Å². The van der Waals surface area contributed by atoms with Gasteiger partial charge < -0.3 is 4.74 Å².